The maximum atomic E-state index is 12.7. The molecule has 2 aliphatic rings. The number of ether oxygens (including phenoxy) is 1. The first-order chi connectivity index (χ1) is 11.9. The van der Waals surface area contributed by atoms with Gasteiger partial charge in [0.15, 0.2) is 0 Å². The van der Waals surface area contributed by atoms with E-state index in [1.807, 2.05) is 0 Å². The van der Waals surface area contributed by atoms with Crippen LogP contribution in [0.2, 0.25) is 10.0 Å². The van der Waals surface area contributed by atoms with Gasteiger partial charge in [-0.05, 0) is 49.4 Å². The quantitative estimate of drug-likeness (QED) is 0.827. The van der Waals surface area contributed by atoms with Crippen LogP contribution >= 0.6 is 23.2 Å². The number of hydrogen-bond donors (Lipinski definition) is 2. The Bertz CT molecular complexity index is 913. The van der Waals surface area contributed by atoms with Crippen molar-refractivity contribution in [3.05, 3.63) is 52.0 Å². The highest BCUT2D eigenvalue weighted by Gasteiger charge is 2.36. The second-order valence-electron chi connectivity index (χ2n) is 6.22. The van der Waals surface area contributed by atoms with Crippen LogP contribution in [-0.2, 0) is 10.0 Å². The number of fused-ring (bicyclic) bond motifs is 3. The Kier molecular flexibility index (Phi) is 4.32. The zero-order valence-corrected chi connectivity index (χ0v) is 15.5. The molecule has 0 bridgehead atoms. The molecule has 25 heavy (non-hydrogen) atoms. The number of sulfonamides is 1. The number of benzene rings is 2. The first-order valence-electron chi connectivity index (χ1n) is 7.93. The van der Waals surface area contributed by atoms with Gasteiger partial charge in [0.1, 0.15) is 11.9 Å². The summed E-state index contributed by atoms with van der Waals surface area (Å²) in [5.41, 5.74) is 1.28. The number of hydrogen-bond acceptors (Lipinski definition) is 4. The van der Waals surface area contributed by atoms with E-state index in [0.717, 1.165) is 30.8 Å². The largest absolute Gasteiger partial charge is 0.488 e. The molecule has 5 nitrogen and oxygen atoms in total. The summed E-state index contributed by atoms with van der Waals surface area (Å²) in [5, 5.41) is 4.03. The van der Waals surface area contributed by atoms with E-state index >= 15 is 0 Å². The third-order valence-electron chi connectivity index (χ3n) is 4.51. The van der Waals surface area contributed by atoms with Crippen LogP contribution < -0.4 is 14.8 Å². The molecule has 0 amide bonds. The predicted octanol–water partition coefficient (Wildman–Crippen LogP) is 3.63. The van der Waals surface area contributed by atoms with Crippen LogP contribution in [0.5, 0.6) is 5.75 Å². The van der Waals surface area contributed by atoms with E-state index in [1.54, 1.807) is 24.3 Å². The lowest BCUT2D eigenvalue weighted by Gasteiger charge is -2.24. The Balaban J connectivity index is 1.65. The van der Waals surface area contributed by atoms with Crippen LogP contribution in [0.3, 0.4) is 0 Å². The molecule has 2 aromatic rings. The van der Waals surface area contributed by atoms with Crippen molar-refractivity contribution in [3.63, 3.8) is 0 Å². The fraction of sp³-hybridized carbons (Fsp3) is 0.294. The van der Waals surface area contributed by atoms with Gasteiger partial charge in [-0.1, -0.05) is 23.2 Å². The summed E-state index contributed by atoms with van der Waals surface area (Å²) < 4.78 is 33.9. The molecule has 4 rings (SSSR count). The average Bonchev–Trinajstić information content (AvgIpc) is 2.91. The van der Waals surface area contributed by atoms with Gasteiger partial charge in [-0.15, -0.1) is 0 Å². The maximum absolute atomic E-state index is 12.7. The van der Waals surface area contributed by atoms with Crippen molar-refractivity contribution in [2.24, 2.45) is 0 Å². The zero-order chi connectivity index (χ0) is 17.6. The van der Waals surface area contributed by atoms with Gasteiger partial charge < -0.3 is 10.1 Å². The number of anilines is 1. The summed E-state index contributed by atoms with van der Waals surface area (Å²) in [7, 11) is -3.74. The summed E-state index contributed by atoms with van der Waals surface area (Å²) >= 11 is 11.9. The molecule has 2 heterocycles. The molecule has 2 atom stereocenters. The second-order valence-corrected chi connectivity index (χ2v) is 8.77. The SMILES string of the molecule is O=S(=O)(Nc1cc(Cl)cc(Cl)c1)c1ccc2c(c1)C1CCNCC1O2. The van der Waals surface area contributed by atoms with Gasteiger partial charge in [0.25, 0.3) is 10.0 Å². The van der Waals surface area contributed by atoms with Crippen molar-refractivity contribution in [2.75, 3.05) is 17.8 Å². The van der Waals surface area contributed by atoms with Gasteiger partial charge in [0, 0.05) is 28.1 Å². The number of nitrogens with one attached hydrogen (secondary N) is 2. The minimum atomic E-state index is -3.74. The Morgan fingerprint density at radius 1 is 1.12 bits per heavy atom. The first-order valence-corrected chi connectivity index (χ1v) is 10.2. The van der Waals surface area contributed by atoms with Gasteiger partial charge in [0.2, 0.25) is 0 Å². The number of halogens is 2. The van der Waals surface area contributed by atoms with Crippen molar-refractivity contribution in [1.29, 1.82) is 0 Å². The molecule has 0 radical (unpaired) electrons. The van der Waals surface area contributed by atoms with Crippen LogP contribution in [-0.4, -0.2) is 27.6 Å². The molecule has 132 valence electrons. The summed E-state index contributed by atoms with van der Waals surface area (Å²) in [6, 6.07) is 9.57. The second kappa shape index (κ2) is 6.36. The fourth-order valence-corrected chi connectivity index (χ4v) is 4.99. The van der Waals surface area contributed by atoms with E-state index in [0.29, 0.717) is 15.7 Å². The summed E-state index contributed by atoms with van der Waals surface area (Å²) in [4.78, 5) is 0.199. The highest BCUT2D eigenvalue weighted by atomic mass is 35.5. The van der Waals surface area contributed by atoms with E-state index in [2.05, 4.69) is 10.0 Å². The van der Waals surface area contributed by atoms with Crippen molar-refractivity contribution >= 4 is 38.9 Å². The van der Waals surface area contributed by atoms with E-state index in [4.69, 9.17) is 27.9 Å². The molecule has 0 aliphatic carbocycles. The van der Waals surface area contributed by atoms with Gasteiger partial charge in [-0.25, -0.2) is 8.42 Å². The highest BCUT2D eigenvalue weighted by Crippen LogP contribution is 2.42. The average molecular weight is 399 g/mol. The summed E-state index contributed by atoms with van der Waals surface area (Å²) in [6.07, 6.45) is 1.000. The van der Waals surface area contributed by atoms with Gasteiger partial charge >= 0.3 is 0 Å². The maximum Gasteiger partial charge on any atom is 0.261 e. The lowest BCUT2D eigenvalue weighted by Crippen LogP contribution is -2.39. The fourth-order valence-electron chi connectivity index (χ4n) is 3.39. The molecule has 0 aromatic heterocycles. The van der Waals surface area contributed by atoms with E-state index in [1.165, 1.54) is 12.1 Å². The van der Waals surface area contributed by atoms with Crippen LogP contribution in [0.1, 0.15) is 17.9 Å². The van der Waals surface area contributed by atoms with Crippen LogP contribution in [0.25, 0.3) is 0 Å². The Morgan fingerprint density at radius 3 is 2.64 bits per heavy atom. The van der Waals surface area contributed by atoms with E-state index < -0.39 is 10.0 Å². The predicted molar refractivity (Wildman–Crippen MR) is 98.4 cm³/mol. The summed E-state index contributed by atoms with van der Waals surface area (Å²) in [5.74, 6) is 0.996. The zero-order valence-electron chi connectivity index (χ0n) is 13.1. The number of rotatable bonds is 3. The third kappa shape index (κ3) is 3.31. The molecule has 2 unspecified atom stereocenters. The smallest absolute Gasteiger partial charge is 0.261 e. The Labute approximate surface area is 156 Å². The van der Waals surface area contributed by atoms with E-state index in [9.17, 15) is 8.42 Å². The van der Waals surface area contributed by atoms with Gasteiger partial charge in [-0.3, -0.25) is 4.72 Å². The van der Waals surface area contributed by atoms with Gasteiger partial charge in [-0.2, -0.15) is 0 Å². The monoisotopic (exact) mass is 398 g/mol. The molecule has 0 saturated carbocycles. The minimum absolute atomic E-state index is 0.0707. The molecule has 2 aliphatic heterocycles. The molecular formula is C17H16Cl2N2O3S. The first kappa shape index (κ1) is 17.0. The molecule has 0 spiro atoms. The normalized spacial score (nSPS) is 22.0. The topological polar surface area (TPSA) is 67.4 Å². The van der Waals surface area contributed by atoms with Crippen molar-refractivity contribution in [3.8, 4) is 5.75 Å². The third-order valence-corrected chi connectivity index (χ3v) is 6.33. The highest BCUT2D eigenvalue weighted by molar-refractivity contribution is 7.92. The van der Waals surface area contributed by atoms with Crippen molar-refractivity contribution in [1.82, 2.24) is 5.32 Å². The minimum Gasteiger partial charge on any atom is -0.488 e. The molecule has 8 heteroatoms. The lowest BCUT2D eigenvalue weighted by molar-refractivity contribution is 0.177. The molecule has 2 N–H and O–H groups in total. The van der Waals surface area contributed by atoms with Gasteiger partial charge in [0.05, 0.1) is 10.6 Å². The molecule has 1 fully saturated rings. The van der Waals surface area contributed by atoms with Crippen molar-refractivity contribution in [2.45, 2.75) is 23.3 Å². The van der Waals surface area contributed by atoms with Crippen LogP contribution in [0.4, 0.5) is 5.69 Å². The van der Waals surface area contributed by atoms with Crippen molar-refractivity contribution < 1.29 is 13.2 Å². The van der Waals surface area contributed by atoms with E-state index in [-0.39, 0.29) is 16.9 Å². The molecule has 1 saturated heterocycles. The molecular weight excluding hydrogens is 383 g/mol. The lowest BCUT2D eigenvalue weighted by atomic mass is 9.90. The Morgan fingerprint density at radius 2 is 1.88 bits per heavy atom. The molecule has 2 aromatic carbocycles. The Hall–Kier alpha value is -1.47. The summed E-state index contributed by atoms with van der Waals surface area (Å²) in [6.45, 7) is 1.68. The van der Waals surface area contributed by atoms with Crippen LogP contribution in [0.15, 0.2) is 41.3 Å². The standard InChI is InChI=1S/C17H16Cl2N2O3S/c18-10-5-11(19)7-12(6-10)21-25(22,23)13-1-2-16-15(8-13)14-3-4-20-9-17(14)24-16/h1-2,5-8,14,17,20-21H,3-4,9H2. The van der Waals surface area contributed by atoms with Crippen LogP contribution in [0, 0.1) is 0 Å². The number of piperidine rings is 1.